The number of hydrogen-bond donors (Lipinski definition) is 1. The SMILES string of the molecule is Cc1cccc(-c2nnnn2CC(=O)O)c1F. The van der Waals surface area contributed by atoms with Crippen molar-refractivity contribution in [2.45, 2.75) is 13.5 Å². The summed E-state index contributed by atoms with van der Waals surface area (Å²) in [6.45, 7) is 1.21. The average molecular weight is 236 g/mol. The van der Waals surface area contributed by atoms with Gasteiger partial charge in [0.05, 0.1) is 5.56 Å². The third kappa shape index (κ3) is 2.12. The van der Waals surface area contributed by atoms with E-state index in [4.69, 9.17) is 5.11 Å². The molecule has 88 valence electrons. The Morgan fingerprint density at radius 3 is 3.00 bits per heavy atom. The smallest absolute Gasteiger partial charge is 0.325 e. The van der Waals surface area contributed by atoms with Crippen LogP contribution in [0.4, 0.5) is 4.39 Å². The van der Waals surface area contributed by atoms with E-state index in [9.17, 15) is 9.18 Å². The highest BCUT2D eigenvalue weighted by molar-refractivity contribution is 5.67. The molecule has 0 aliphatic carbocycles. The number of aliphatic carboxylic acids is 1. The predicted molar refractivity (Wildman–Crippen MR) is 55.6 cm³/mol. The van der Waals surface area contributed by atoms with Gasteiger partial charge < -0.3 is 5.11 Å². The van der Waals surface area contributed by atoms with E-state index >= 15 is 0 Å². The topological polar surface area (TPSA) is 80.9 Å². The first kappa shape index (κ1) is 11.2. The molecular weight excluding hydrogens is 227 g/mol. The minimum absolute atomic E-state index is 0.105. The second-order valence-corrected chi connectivity index (χ2v) is 3.49. The molecule has 1 aromatic carbocycles. The van der Waals surface area contributed by atoms with Crippen LogP contribution in [-0.4, -0.2) is 31.3 Å². The van der Waals surface area contributed by atoms with Crippen molar-refractivity contribution in [3.63, 3.8) is 0 Å². The molecule has 0 fully saturated rings. The van der Waals surface area contributed by atoms with Crippen LogP contribution in [0.1, 0.15) is 5.56 Å². The van der Waals surface area contributed by atoms with Crippen LogP contribution >= 0.6 is 0 Å². The predicted octanol–water partition coefficient (Wildman–Crippen LogP) is 0.872. The molecule has 0 aliphatic rings. The van der Waals surface area contributed by atoms with Gasteiger partial charge in [-0.1, -0.05) is 12.1 Å². The molecule has 2 rings (SSSR count). The molecule has 0 unspecified atom stereocenters. The quantitative estimate of drug-likeness (QED) is 0.855. The second-order valence-electron chi connectivity index (χ2n) is 3.49. The highest BCUT2D eigenvalue weighted by atomic mass is 19.1. The lowest BCUT2D eigenvalue weighted by Crippen LogP contribution is -2.12. The van der Waals surface area contributed by atoms with E-state index < -0.39 is 18.3 Å². The lowest BCUT2D eigenvalue weighted by molar-refractivity contribution is -0.137. The summed E-state index contributed by atoms with van der Waals surface area (Å²) >= 11 is 0. The minimum atomic E-state index is -1.09. The van der Waals surface area contributed by atoms with E-state index in [1.807, 2.05) is 0 Å². The highest BCUT2D eigenvalue weighted by Crippen LogP contribution is 2.21. The van der Waals surface area contributed by atoms with Crippen LogP contribution in [0.2, 0.25) is 0 Å². The van der Waals surface area contributed by atoms with Gasteiger partial charge in [0.25, 0.3) is 0 Å². The Hall–Kier alpha value is -2.31. The number of carbonyl (C=O) groups is 1. The second kappa shape index (κ2) is 4.28. The fourth-order valence-corrected chi connectivity index (χ4v) is 1.45. The van der Waals surface area contributed by atoms with Crippen molar-refractivity contribution in [2.24, 2.45) is 0 Å². The van der Waals surface area contributed by atoms with E-state index in [2.05, 4.69) is 15.5 Å². The molecular formula is C10H9FN4O2. The molecule has 2 aromatic rings. The van der Waals surface area contributed by atoms with Gasteiger partial charge in [0.1, 0.15) is 12.4 Å². The average Bonchev–Trinajstić information content (AvgIpc) is 2.69. The van der Waals surface area contributed by atoms with Crippen molar-refractivity contribution in [1.82, 2.24) is 20.2 Å². The number of hydrogen-bond acceptors (Lipinski definition) is 4. The molecule has 7 heteroatoms. The van der Waals surface area contributed by atoms with Crippen LogP contribution < -0.4 is 0 Å². The summed E-state index contributed by atoms with van der Waals surface area (Å²) in [7, 11) is 0. The van der Waals surface area contributed by atoms with Crippen LogP contribution in [0.5, 0.6) is 0 Å². The number of benzene rings is 1. The summed E-state index contributed by atoms with van der Waals surface area (Å²) in [6, 6.07) is 4.78. The Labute approximate surface area is 95.7 Å². The normalized spacial score (nSPS) is 10.5. The molecule has 0 radical (unpaired) electrons. The molecule has 0 atom stereocenters. The fraction of sp³-hybridized carbons (Fsp3) is 0.200. The monoisotopic (exact) mass is 236 g/mol. The van der Waals surface area contributed by atoms with E-state index in [1.165, 1.54) is 6.07 Å². The van der Waals surface area contributed by atoms with Crippen molar-refractivity contribution < 1.29 is 14.3 Å². The molecule has 1 heterocycles. The number of nitrogens with zero attached hydrogens (tertiary/aromatic N) is 4. The zero-order valence-electron chi connectivity index (χ0n) is 8.96. The van der Waals surface area contributed by atoms with Crippen molar-refractivity contribution in [1.29, 1.82) is 0 Å². The van der Waals surface area contributed by atoms with Gasteiger partial charge >= 0.3 is 5.97 Å². The summed E-state index contributed by atoms with van der Waals surface area (Å²) in [4.78, 5) is 10.6. The summed E-state index contributed by atoms with van der Waals surface area (Å²) in [5.41, 5.74) is 0.642. The molecule has 1 aromatic heterocycles. The molecule has 0 aliphatic heterocycles. The fourth-order valence-electron chi connectivity index (χ4n) is 1.45. The van der Waals surface area contributed by atoms with Crippen molar-refractivity contribution in [3.8, 4) is 11.4 Å². The number of halogens is 1. The molecule has 0 saturated carbocycles. The van der Waals surface area contributed by atoms with E-state index in [1.54, 1.807) is 19.1 Å². The van der Waals surface area contributed by atoms with Gasteiger partial charge in [-0.05, 0) is 29.0 Å². The van der Waals surface area contributed by atoms with Crippen LogP contribution in [0, 0.1) is 12.7 Å². The lowest BCUT2D eigenvalue weighted by Gasteiger charge is -2.04. The van der Waals surface area contributed by atoms with Crippen LogP contribution in [-0.2, 0) is 11.3 Å². The van der Waals surface area contributed by atoms with Crippen molar-refractivity contribution >= 4 is 5.97 Å². The minimum Gasteiger partial charge on any atom is -0.480 e. The Morgan fingerprint density at radius 2 is 2.29 bits per heavy atom. The third-order valence-corrected chi connectivity index (χ3v) is 2.25. The van der Waals surface area contributed by atoms with E-state index in [0.717, 1.165) is 4.68 Å². The number of aryl methyl sites for hydroxylation is 1. The van der Waals surface area contributed by atoms with Gasteiger partial charge in [0.2, 0.25) is 0 Å². The van der Waals surface area contributed by atoms with Gasteiger partial charge in [-0.25, -0.2) is 9.07 Å². The Balaban J connectivity index is 2.50. The van der Waals surface area contributed by atoms with Gasteiger partial charge in [-0.2, -0.15) is 0 Å². The summed E-state index contributed by atoms with van der Waals surface area (Å²) in [5, 5.41) is 19.2. The maximum Gasteiger partial charge on any atom is 0.325 e. The Morgan fingerprint density at radius 1 is 1.53 bits per heavy atom. The third-order valence-electron chi connectivity index (χ3n) is 2.25. The number of aromatic nitrogens is 4. The lowest BCUT2D eigenvalue weighted by atomic mass is 10.1. The first-order valence-corrected chi connectivity index (χ1v) is 4.83. The van der Waals surface area contributed by atoms with Gasteiger partial charge in [0.15, 0.2) is 5.82 Å². The summed E-state index contributed by atoms with van der Waals surface area (Å²) in [6.07, 6.45) is 0. The number of rotatable bonds is 3. The van der Waals surface area contributed by atoms with Gasteiger partial charge in [0, 0.05) is 0 Å². The van der Waals surface area contributed by atoms with Crippen molar-refractivity contribution in [3.05, 3.63) is 29.6 Å². The molecule has 6 nitrogen and oxygen atoms in total. The standard InChI is InChI=1S/C10H9FN4O2/c1-6-3-2-4-7(9(6)11)10-12-13-14-15(10)5-8(16)17/h2-4H,5H2,1H3,(H,16,17). The molecule has 1 N–H and O–H groups in total. The largest absolute Gasteiger partial charge is 0.480 e. The first-order valence-electron chi connectivity index (χ1n) is 4.83. The number of tetrazole rings is 1. The number of carboxylic acids is 1. The summed E-state index contributed by atoms with van der Waals surface area (Å²) in [5.74, 6) is -1.44. The zero-order valence-corrected chi connectivity index (χ0v) is 8.96. The molecule has 0 bridgehead atoms. The zero-order chi connectivity index (χ0) is 12.4. The van der Waals surface area contributed by atoms with Gasteiger partial charge in [-0.15, -0.1) is 5.10 Å². The number of carboxylic acid groups (broad SMARTS) is 1. The molecule has 0 amide bonds. The van der Waals surface area contributed by atoms with Crippen LogP contribution in [0.3, 0.4) is 0 Å². The Bertz CT molecular complexity index is 567. The maximum absolute atomic E-state index is 13.8. The van der Waals surface area contributed by atoms with Crippen molar-refractivity contribution in [2.75, 3.05) is 0 Å². The summed E-state index contributed by atoms with van der Waals surface area (Å²) < 4.78 is 14.9. The van der Waals surface area contributed by atoms with Crippen LogP contribution in [0.15, 0.2) is 18.2 Å². The van der Waals surface area contributed by atoms with E-state index in [-0.39, 0.29) is 11.4 Å². The molecule has 0 saturated heterocycles. The van der Waals surface area contributed by atoms with Crippen LogP contribution in [0.25, 0.3) is 11.4 Å². The molecule has 0 spiro atoms. The molecule has 17 heavy (non-hydrogen) atoms. The maximum atomic E-state index is 13.8. The Kier molecular flexibility index (Phi) is 2.82. The van der Waals surface area contributed by atoms with E-state index in [0.29, 0.717) is 5.56 Å². The highest BCUT2D eigenvalue weighted by Gasteiger charge is 2.16. The first-order chi connectivity index (χ1) is 8.09. The van der Waals surface area contributed by atoms with Gasteiger partial charge in [-0.3, -0.25) is 4.79 Å².